The van der Waals surface area contributed by atoms with Gasteiger partial charge in [-0.1, -0.05) is 0 Å². The summed E-state index contributed by atoms with van der Waals surface area (Å²) in [6.07, 6.45) is 3.57. The molecule has 2 atom stereocenters. The molecule has 0 spiro atoms. The number of hydrogen-bond donors (Lipinski definition) is 1. The number of ether oxygens (including phenoxy) is 2. The Labute approximate surface area is 183 Å². The van der Waals surface area contributed by atoms with Crippen molar-refractivity contribution >= 4 is 28.7 Å². The second kappa shape index (κ2) is 8.21. The molecule has 0 amide bonds. The van der Waals surface area contributed by atoms with Crippen LogP contribution in [0.4, 0.5) is 5.69 Å². The van der Waals surface area contributed by atoms with Crippen LogP contribution in [0.3, 0.4) is 0 Å². The number of nitrogens with one attached hydrogen (secondary N) is 1. The van der Waals surface area contributed by atoms with Gasteiger partial charge in [0, 0.05) is 19.0 Å². The zero-order chi connectivity index (χ0) is 22.2. The van der Waals surface area contributed by atoms with Crippen molar-refractivity contribution < 1.29 is 23.5 Å². The average molecular weight is 440 g/mol. The minimum Gasteiger partial charge on any atom is -0.466 e. The first-order valence-electron chi connectivity index (χ1n) is 10.8. The number of cyclic esters (lactones) is 2. The van der Waals surface area contributed by atoms with Gasteiger partial charge in [0.05, 0.1) is 60.5 Å². The summed E-state index contributed by atoms with van der Waals surface area (Å²) < 4.78 is 18.0. The summed E-state index contributed by atoms with van der Waals surface area (Å²) in [5, 5.41) is 17.3. The number of esters is 2. The Morgan fingerprint density at radius 3 is 2.66 bits per heavy atom. The molecule has 32 heavy (non-hydrogen) atoms. The molecular formula is C21H24N6O5. The zero-order valence-corrected chi connectivity index (χ0v) is 18.0. The van der Waals surface area contributed by atoms with Crippen LogP contribution >= 0.6 is 0 Å². The molecule has 2 aliphatic rings. The van der Waals surface area contributed by atoms with Crippen molar-refractivity contribution in [1.82, 2.24) is 25.0 Å². The largest absolute Gasteiger partial charge is 0.466 e. The average Bonchev–Trinajstić information content (AvgIpc) is 3.41. The van der Waals surface area contributed by atoms with E-state index in [1.807, 2.05) is 18.5 Å². The highest BCUT2D eigenvalue weighted by atomic mass is 16.5. The first-order valence-corrected chi connectivity index (χ1v) is 10.8. The number of aromatic nitrogens is 5. The van der Waals surface area contributed by atoms with Gasteiger partial charge in [-0.25, -0.2) is 9.67 Å². The second-order valence-corrected chi connectivity index (χ2v) is 8.06. The topological polar surface area (TPSA) is 134 Å². The molecule has 5 heterocycles. The van der Waals surface area contributed by atoms with E-state index >= 15 is 0 Å². The van der Waals surface area contributed by atoms with E-state index in [1.54, 1.807) is 6.20 Å². The lowest BCUT2D eigenvalue weighted by Gasteiger charge is -2.25. The van der Waals surface area contributed by atoms with Crippen LogP contribution in [0.5, 0.6) is 0 Å². The molecule has 11 heteroatoms. The highest BCUT2D eigenvalue weighted by Crippen LogP contribution is 2.38. The summed E-state index contributed by atoms with van der Waals surface area (Å²) in [6, 6.07) is -0.0968. The number of fused-ring (bicyclic) bond motifs is 1. The van der Waals surface area contributed by atoms with Gasteiger partial charge in [0.25, 0.3) is 5.89 Å². The number of rotatable bonds is 5. The van der Waals surface area contributed by atoms with Crippen LogP contribution in [-0.4, -0.2) is 56.2 Å². The van der Waals surface area contributed by atoms with Gasteiger partial charge in [-0.05, 0) is 20.3 Å². The molecule has 2 saturated heterocycles. The van der Waals surface area contributed by atoms with Crippen molar-refractivity contribution in [1.29, 1.82) is 0 Å². The van der Waals surface area contributed by atoms with Crippen LogP contribution in [0, 0.1) is 6.92 Å². The maximum absolute atomic E-state index is 11.8. The van der Waals surface area contributed by atoms with Gasteiger partial charge < -0.3 is 19.2 Å². The number of aryl methyl sites for hydroxylation is 2. The first-order chi connectivity index (χ1) is 15.5. The normalized spacial score (nSPS) is 21.4. The number of anilines is 1. The van der Waals surface area contributed by atoms with E-state index in [4.69, 9.17) is 18.9 Å². The highest BCUT2D eigenvalue weighted by molar-refractivity contribution is 5.98. The van der Waals surface area contributed by atoms with Crippen molar-refractivity contribution in [3.63, 3.8) is 0 Å². The van der Waals surface area contributed by atoms with E-state index in [1.165, 1.54) is 0 Å². The summed E-state index contributed by atoms with van der Waals surface area (Å²) in [7, 11) is 0. The third kappa shape index (κ3) is 3.67. The van der Waals surface area contributed by atoms with Crippen LogP contribution in [0.1, 0.15) is 50.1 Å². The fourth-order valence-electron chi connectivity index (χ4n) is 4.24. The van der Waals surface area contributed by atoms with Gasteiger partial charge in [-0.3, -0.25) is 9.59 Å². The van der Waals surface area contributed by atoms with E-state index in [2.05, 4.69) is 20.6 Å². The summed E-state index contributed by atoms with van der Waals surface area (Å²) in [4.78, 5) is 28.3. The third-order valence-corrected chi connectivity index (χ3v) is 5.90. The van der Waals surface area contributed by atoms with Crippen molar-refractivity contribution in [2.75, 3.05) is 18.5 Å². The second-order valence-electron chi connectivity index (χ2n) is 8.06. The Hall–Kier alpha value is -3.50. The Morgan fingerprint density at radius 2 is 1.91 bits per heavy atom. The fourth-order valence-corrected chi connectivity index (χ4v) is 4.24. The monoisotopic (exact) mass is 440 g/mol. The summed E-state index contributed by atoms with van der Waals surface area (Å²) in [6.45, 7) is 5.27. The molecule has 5 rings (SSSR count). The standard InChI is InChI=1S/C21H24N6O5/c1-3-27-19-14(10-22-27)18(24-13-5-7-31-16(29)9-13)17(11(2)23-19)21-26-25-20(32-21)12-4-6-30-15(28)8-12/h10,12-13H,3-9H2,1-2H3,(H,23,24). The molecule has 11 nitrogen and oxygen atoms in total. The quantitative estimate of drug-likeness (QED) is 0.589. The van der Waals surface area contributed by atoms with Gasteiger partial charge in [-0.2, -0.15) is 5.10 Å². The van der Waals surface area contributed by atoms with Gasteiger partial charge >= 0.3 is 11.9 Å². The molecule has 0 aliphatic carbocycles. The molecule has 2 fully saturated rings. The van der Waals surface area contributed by atoms with Crippen LogP contribution in [-0.2, 0) is 25.6 Å². The fraction of sp³-hybridized carbons (Fsp3) is 0.524. The van der Waals surface area contributed by atoms with Crippen LogP contribution in [0.25, 0.3) is 22.5 Å². The van der Waals surface area contributed by atoms with Crippen LogP contribution in [0.2, 0.25) is 0 Å². The highest BCUT2D eigenvalue weighted by Gasteiger charge is 2.30. The van der Waals surface area contributed by atoms with Gasteiger partial charge in [-0.15, -0.1) is 10.2 Å². The van der Waals surface area contributed by atoms with Crippen molar-refractivity contribution in [3.8, 4) is 11.5 Å². The molecule has 2 unspecified atom stereocenters. The van der Waals surface area contributed by atoms with Crippen molar-refractivity contribution in [3.05, 3.63) is 17.8 Å². The molecule has 2 aliphatic heterocycles. The smallest absolute Gasteiger partial charge is 0.307 e. The summed E-state index contributed by atoms with van der Waals surface area (Å²) >= 11 is 0. The third-order valence-electron chi connectivity index (χ3n) is 5.90. The maximum Gasteiger partial charge on any atom is 0.307 e. The maximum atomic E-state index is 11.8. The Bertz CT molecular complexity index is 1190. The molecule has 3 aromatic heterocycles. The SMILES string of the molecule is CCn1ncc2c(NC3CCOC(=O)C3)c(-c3nnc(C4CCOC(=O)C4)o3)c(C)nc21. The minimum absolute atomic E-state index is 0.0968. The first kappa shape index (κ1) is 20.4. The Balaban J connectivity index is 1.58. The summed E-state index contributed by atoms with van der Waals surface area (Å²) in [5.74, 6) is 0.0649. The lowest BCUT2D eigenvalue weighted by Crippen LogP contribution is -2.31. The molecule has 1 N–H and O–H groups in total. The van der Waals surface area contributed by atoms with Crippen LogP contribution < -0.4 is 5.32 Å². The van der Waals surface area contributed by atoms with Gasteiger partial charge in [0.1, 0.15) is 0 Å². The predicted octanol–water partition coefficient (Wildman–Crippen LogP) is 2.35. The number of pyridine rings is 1. The van der Waals surface area contributed by atoms with E-state index in [0.29, 0.717) is 55.6 Å². The van der Waals surface area contributed by atoms with E-state index in [9.17, 15) is 9.59 Å². The predicted molar refractivity (Wildman–Crippen MR) is 112 cm³/mol. The molecule has 168 valence electrons. The number of nitrogens with zero attached hydrogens (tertiary/aromatic N) is 5. The van der Waals surface area contributed by atoms with Crippen molar-refractivity contribution in [2.45, 2.75) is 58.0 Å². The lowest BCUT2D eigenvalue weighted by molar-refractivity contribution is -0.148. The van der Waals surface area contributed by atoms with Crippen molar-refractivity contribution in [2.24, 2.45) is 0 Å². The van der Waals surface area contributed by atoms with Crippen LogP contribution in [0.15, 0.2) is 10.6 Å². The molecule has 3 aromatic rings. The van der Waals surface area contributed by atoms with E-state index in [-0.39, 0.29) is 36.7 Å². The van der Waals surface area contributed by atoms with E-state index in [0.717, 1.165) is 16.7 Å². The van der Waals surface area contributed by atoms with Gasteiger partial charge in [0.2, 0.25) is 5.89 Å². The number of carbonyl (C=O) groups is 2. The molecule has 0 aromatic carbocycles. The Kier molecular flexibility index (Phi) is 5.24. The molecule has 0 radical (unpaired) electrons. The molecular weight excluding hydrogens is 416 g/mol. The molecule has 0 bridgehead atoms. The zero-order valence-electron chi connectivity index (χ0n) is 18.0. The molecule has 0 saturated carbocycles. The Morgan fingerprint density at radius 1 is 1.12 bits per heavy atom. The number of carbonyl (C=O) groups excluding carboxylic acids is 2. The van der Waals surface area contributed by atoms with Gasteiger partial charge in [0.15, 0.2) is 5.65 Å². The summed E-state index contributed by atoms with van der Waals surface area (Å²) in [5.41, 5.74) is 2.87. The van der Waals surface area contributed by atoms with E-state index < -0.39 is 0 Å². The lowest BCUT2D eigenvalue weighted by atomic mass is 10.0. The number of hydrogen-bond acceptors (Lipinski definition) is 10. The minimum atomic E-state index is -0.265.